The molecule has 0 aromatic rings. The van der Waals surface area contributed by atoms with Crippen molar-refractivity contribution in [2.75, 3.05) is 0 Å². The number of carbonyl (C=O) groups is 1. The number of rotatable bonds is 12. The molecule has 132 valence electrons. The smallest absolute Gasteiger partial charge is 0.298 e. The highest BCUT2D eigenvalue weighted by Gasteiger charge is 2.20. The highest BCUT2D eigenvalue weighted by molar-refractivity contribution is 5.68. The van der Waals surface area contributed by atoms with Gasteiger partial charge in [-0.15, -0.1) is 0 Å². The Hall–Kier alpha value is -0.570. The molecule has 0 rings (SSSR count). The molecule has 0 aliphatic carbocycles. The van der Waals surface area contributed by atoms with Gasteiger partial charge in [0, 0.05) is 6.42 Å². The molecule has 3 nitrogen and oxygen atoms in total. The summed E-state index contributed by atoms with van der Waals surface area (Å²) in [5.74, 6) is -0.239. The zero-order chi connectivity index (χ0) is 17.1. The average Bonchev–Trinajstić information content (AvgIpc) is 2.38. The normalized spacial score (nSPS) is 12.5. The summed E-state index contributed by atoms with van der Waals surface area (Å²) in [5.41, 5.74) is 0.0762. The predicted octanol–water partition coefficient (Wildman–Crippen LogP) is 6.21. The molecule has 0 unspecified atom stereocenters. The minimum absolute atomic E-state index is 0.239. The molecule has 0 aliphatic heterocycles. The molecule has 0 radical (unpaired) electrons. The molecular weight excluding hydrogens is 276 g/mol. The van der Waals surface area contributed by atoms with Crippen LogP contribution in [0.3, 0.4) is 0 Å². The van der Waals surface area contributed by atoms with Crippen molar-refractivity contribution in [3.05, 3.63) is 0 Å². The molecule has 0 bridgehead atoms. The monoisotopic (exact) mass is 314 g/mol. The molecule has 0 amide bonds. The SMILES string of the molecule is CCCC(C)(C)OOC(=O)CCCCCCCCC(C)(C)C. The number of unbranched alkanes of at least 4 members (excludes halogenated alkanes) is 5. The minimum atomic E-state index is -0.378. The minimum Gasteiger partial charge on any atom is -0.298 e. The van der Waals surface area contributed by atoms with Gasteiger partial charge in [-0.1, -0.05) is 66.2 Å². The highest BCUT2D eigenvalue weighted by atomic mass is 17.2. The lowest BCUT2D eigenvalue weighted by Crippen LogP contribution is -2.25. The molecular formula is C19H38O3. The Morgan fingerprint density at radius 3 is 1.91 bits per heavy atom. The van der Waals surface area contributed by atoms with E-state index in [4.69, 9.17) is 9.78 Å². The fourth-order valence-corrected chi connectivity index (χ4v) is 2.48. The molecule has 0 spiro atoms. The van der Waals surface area contributed by atoms with Crippen LogP contribution in [0.1, 0.15) is 106 Å². The van der Waals surface area contributed by atoms with Gasteiger partial charge in [-0.3, -0.25) is 4.89 Å². The first-order valence-electron chi connectivity index (χ1n) is 9.05. The van der Waals surface area contributed by atoms with Crippen molar-refractivity contribution in [1.82, 2.24) is 0 Å². The van der Waals surface area contributed by atoms with Crippen LogP contribution in [0.5, 0.6) is 0 Å². The Balaban J connectivity index is 3.46. The lowest BCUT2D eigenvalue weighted by molar-refractivity contribution is -0.326. The van der Waals surface area contributed by atoms with E-state index in [-0.39, 0.29) is 11.6 Å². The molecule has 0 saturated carbocycles. The van der Waals surface area contributed by atoms with Gasteiger partial charge in [-0.05, 0) is 38.5 Å². The summed E-state index contributed by atoms with van der Waals surface area (Å²) in [4.78, 5) is 21.7. The van der Waals surface area contributed by atoms with Gasteiger partial charge in [0.1, 0.15) is 5.60 Å². The van der Waals surface area contributed by atoms with Crippen molar-refractivity contribution < 1.29 is 14.6 Å². The summed E-state index contributed by atoms with van der Waals surface area (Å²) in [6, 6.07) is 0. The van der Waals surface area contributed by atoms with E-state index in [1.54, 1.807) is 0 Å². The molecule has 0 aromatic carbocycles. The van der Waals surface area contributed by atoms with Gasteiger partial charge in [0.2, 0.25) is 0 Å². The molecule has 0 fully saturated rings. The fourth-order valence-electron chi connectivity index (χ4n) is 2.48. The number of hydrogen-bond acceptors (Lipinski definition) is 3. The van der Waals surface area contributed by atoms with Gasteiger partial charge in [0.05, 0.1) is 0 Å². The van der Waals surface area contributed by atoms with Crippen LogP contribution in [-0.2, 0) is 14.6 Å². The summed E-state index contributed by atoms with van der Waals surface area (Å²) in [7, 11) is 0. The molecule has 0 saturated heterocycles. The van der Waals surface area contributed by atoms with E-state index < -0.39 is 0 Å². The topological polar surface area (TPSA) is 35.5 Å². The zero-order valence-corrected chi connectivity index (χ0v) is 15.8. The lowest BCUT2D eigenvalue weighted by atomic mass is 9.89. The van der Waals surface area contributed by atoms with Crippen molar-refractivity contribution in [3.63, 3.8) is 0 Å². The summed E-state index contributed by atoms with van der Waals surface area (Å²) in [6.07, 6.45) is 10.7. The van der Waals surface area contributed by atoms with E-state index in [9.17, 15) is 4.79 Å². The van der Waals surface area contributed by atoms with E-state index in [0.29, 0.717) is 11.8 Å². The third-order valence-electron chi connectivity index (χ3n) is 3.77. The Bertz CT molecular complexity index is 290. The van der Waals surface area contributed by atoms with Crippen LogP contribution in [0.15, 0.2) is 0 Å². The Morgan fingerprint density at radius 2 is 1.36 bits per heavy atom. The summed E-state index contributed by atoms with van der Waals surface area (Å²) in [5, 5.41) is 0. The van der Waals surface area contributed by atoms with E-state index in [2.05, 4.69) is 27.7 Å². The second-order valence-electron chi connectivity index (χ2n) is 8.23. The van der Waals surface area contributed by atoms with Crippen LogP contribution in [0.2, 0.25) is 0 Å². The van der Waals surface area contributed by atoms with Crippen molar-refractivity contribution in [2.45, 2.75) is 111 Å². The maximum absolute atomic E-state index is 11.6. The van der Waals surface area contributed by atoms with Crippen molar-refractivity contribution >= 4 is 5.97 Å². The quantitative estimate of drug-likeness (QED) is 0.244. The Morgan fingerprint density at radius 1 is 0.818 bits per heavy atom. The molecule has 22 heavy (non-hydrogen) atoms. The average molecular weight is 315 g/mol. The third kappa shape index (κ3) is 14.4. The third-order valence-corrected chi connectivity index (χ3v) is 3.77. The van der Waals surface area contributed by atoms with Crippen LogP contribution >= 0.6 is 0 Å². The van der Waals surface area contributed by atoms with E-state index in [1.807, 2.05) is 13.8 Å². The van der Waals surface area contributed by atoms with Gasteiger partial charge in [0.15, 0.2) is 0 Å². The van der Waals surface area contributed by atoms with Gasteiger partial charge < -0.3 is 0 Å². The maximum atomic E-state index is 11.6. The first-order valence-corrected chi connectivity index (χ1v) is 9.05. The van der Waals surface area contributed by atoms with Gasteiger partial charge in [-0.25, -0.2) is 4.79 Å². The largest absolute Gasteiger partial charge is 0.342 e. The maximum Gasteiger partial charge on any atom is 0.342 e. The van der Waals surface area contributed by atoms with Crippen molar-refractivity contribution in [3.8, 4) is 0 Å². The Labute approximate surface area is 138 Å². The van der Waals surface area contributed by atoms with Crippen LogP contribution < -0.4 is 0 Å². The van der Waals surface area contributed by atoms with E-state index in [1.165, 1.54) is 32.1 Å². The summed E-state index contributed by atoms with van der Waals surface area (Å²) < 4.78 is 0. The van der Waals surface area contributed by atoms with Crippen LogP contribution in [0.25, 0.3) is 0 Å². The van der Waals surface area contributed by atoms with E-state index in [0.717, 1.165) is 25.7 Å². The van der Waals surface area contributed by atoms with Crippen LogP contribution in [-0.4, -0.2) is 11.6 Å². The molecule has 0 atom stereocenters. The summed E-state index contributed by atoms with van der Waals surface area (Å²) >= 11 is 0. The second-order valence-corrected chi connectivity index (χ2v) is 8.23. The first-order chi connectivity index (χ1) is 10.2. The lowest BCUT2D eigenvalue weighted by Gasteiger charge is -2.21. The first kappa shape index (κ1) is 21.4. The standard InChI is InChI=1S/C19H38O3/c1-7-15-19(5,6)22-21-17(20)14-12-10-8-9-11-13-16-18(2,3)4/h7-16H2,1-6H3. The number of carbonyl (C=O) groups excluding carboxylic acids is 1. The van der Waals surface area contributed by atoms with Gasteiger partial charge in [0.25, 0.3) is 0 Å². The van der Waals surface area contributed by atoms with Gasteiger partial charge in [-0.2, -0.15) is 4.89 Å². The zero-order valence-electron chi connectivity index (χ0n) is 15.8. The predicted molar refractivity (Wildman–Crippen MR) is 92.6 cm³/mol. The van der Waals surface area contributed by atoms with Crippen molar-refractivity contribution in [1.29, 1.82) is 0 Å². The molecule has 0 aliphatic rings. The van der Waals surface area contributed by atoms with Crippen molar-refractivity contribution in [2.24, 2.45) is 5.41 Å². The van der Waals surface area contributed by atoms with Crippen LogP contribution in [0, 0.1) is 5.41 Å². The molecule has 0 heterocycles. The molecule has 3 heteroatoms. The number of hydrogen-bond donors (Lipinski definition) is 0. The molecule has 0 N–H and O–H groups in total. The van der Waals surface area contributed by atoms with E-state index >= 15 is 0 Å². The molecule has 0 aromatic heterocycles. The Kier molecular flexibility index (Phi) is 10.8. The van der Waals surface area contributed by atoms with Crippen LogP contribution in [0.4, 0.5) is 0 Å². The fraction of sp³-hybridized carbons (Fsp3) is 0.947. The highest BCUT2D eigenvalue weighted by Crippen LogP contribution is 2.22. The second kappa shape index (κ2) is 11.0. The summed E-state index contributed by atoms with van der Waals surface area (Å²) in [6.45, 7) is 12.9. The van der Waals surface area contributed by atoms with Gasteiger partial charge >= 0.3 is 5.97 Å².